The molecular formula is C15H25NO3. The average Bonchev–Trinajstić information content (AvgIpc) is 2.36. The van der Waals surface area contributed by atoms with Crippen molar-refractivity contribution in [2.75, 3.05) is 21.3 Å². The molecule has 2 N–H and O–H groups in total. The van der Waals surface area contributed by atoms with Gasteiger partial charge in [-0.1, -0.05) is 20.8 Å². The van der Waals surface area contributed by atoms with E-state index in [0.29, 0.717) is 0 Å². The first kappa shape index (κ1) is 15.8. The minimum Gasteiger partial charge on any atom is -0.497 e. The van der Waals surface area contributed by atoms with Gasteiger partial charge in [0.1, 0.15) is 11.5 Å². The zero-order valence-corrected chi connectivity index (χ0v) is 12.7. The van der Waals surface area contributed by atoms with E-state index in [1.807, 2.05) is 18.2 Å². The molecular weight excluding hydrogens is 242 g/mol. The lowest BCUT2D eigenvalue weighted by atomic mass is 9.82. The van der Waals surface area contributed by atoms with Crippen molar-refractivity contribution in [2.24, 2.45) is 11.1 Å². The molecule has 0 saturated carbocycles. The fourth-order valence-electron chi connectivity index (χ4n) is 2.30. The van der Waals surface area contributed by atoms with Crippen LogP contribution in [0.15, 0.2) is 18.2 Å². The van der Waals surface area contributed by atoms with Crippen LogP contribution in [0.25, 0.3) is 0 Å². The van der Waals surface area contributed by atoms with Gasteiger partial charge in [-0.2, -0.15) is 0 Å². The first-order valence-electron chi connectivity index (χ1n) is 6.35. The minimum absolute atomic E-state index is 0.0564. The third-order valence-corrected chi connectivity index (χ3v) is 3.23. The predicted molar refractivity (Wildman–Crippen MR) is 76.7 cm³/mol. The highest BCUT2D eigenvalue weighted by Crippen LogP contribution is 2.36. The molecule has 0 spiro atoms. The largest absolute Gasteiger partial charge is 0.497 e. The standard InChI is InChI=1S/C15H25NO3/c1-15(2,3)14(19-6)13(16)11-8-7-10(17-4)9-12(11)18-5/h7-9,13-14H,16H2,1-6H3. The van der Waals surface area contributed by atoms with Gasteiger partial charge in [0.05, 0.1) is 26.4 Å². The highest BCUT2D eigenvalue weighted by atomic mass is 16.5. The van der Waals surface area contributed by atoms with Crippen LogP contribution in [-0.2, 0) is 4.74 Å². The fraction of sp³-hybridized carbons (Fsp3) is 0.600. The number of methoxy groups -OCH3 is 3. The van der Waals surface area contributed by atoms with E-state index in [4.69, 9.17) is 19.9 Å². The van der Waals surface area contributed by atoms with Crippen LogP contribution in [-0.4, -0.2) is 27.4 Å². The van der Waals surface area contributed by atoms with Crippen LogP contribution < -0.4 is 15.2 Å². The molecule has 0 amide bonds. The molecule has 0 fully saturated rings. The normalized spacial score (nSPS) is 14.9. The zero-order valence-electron chi connectivity index (χ0n) is 12.7. The van der Waals surface area contributed by atoms with E-state index in [-0.39, 0.29) is 17.6 Å². The monoisotopic (exact) mass is 267 g/mol. The molecule has 1 rings (SSSR count). The van der Waals surface area contributed by atoms with Crippen LogP contribution in [0.5, 0.6) is 11.5 Å². The van der Waals surface area contributed by atoms with Crippen LogP contribution in [0.4, 0.5) is 0 Å². The molecule has 0 aliphatic heterocycles. The quantitative estimate of drug-likeness (QED) is 0.891. The SMILES string of the molecule is COc1ccc(C(N)C(OC)C(C)(C)C)c(OC)c1. The van der Waals surface area contributed by atoms with E-state index in [0.717, 1.165) is 17.1 Å². The minimum atomic E-state index is -0.258. The van der Waals surface area contributed by atoms with Crippen molar-refractivity contribution >= 4 is 0 Å². The summed E-state index contributed by atoms with van der Waals surface area (Å²) in [6.07, 6.45) is -0.102. The van der Waals surface area contributed by atoms with Gasteiger partial charge < -0.3 is 19.9 Å². The molecule has 2 atom stereocenters. The maximum Gasteiger partial charge on any atom is 0.127 e. The number of nitrogens with two attached hydrogens (primary N) is 1. The summed E-state index contributed by atoms with van der Waals surface area (Å²) in [5, 5.41) is 0. The second-order valence-corrected chi connectivity index (χ2v) is 5.66. The Morgan fingerprint density at radius 3 is 2.11 bits per heavy atom. The molecule has 4 heteroatoms. The van der Waals surface area contributed by atoms with Gasteiger partial charge in [-0.15, -0.1) is 0 Å². The van der Waals surface area contributed by atoms with Gasteiger partial charge in [0.2, 0.25) is 0 Å². The molecule has 0 heterocycles. The van der Waals surface area contributed by atoms with Gasteiger partial charge in [-0.05, 0) is 17.5 Å². The molecule has 108 valence electrons. The lowest BCUT2D eigenvalue weighted by Gasteiger charge is -2.34. The summed E-state index contributed by atoms with van der Waals surface area (Å²) in [5.41, 5.74) is 7.22. The molecule has 2 unspecified atom stereocenters. The molecule has 19 heavy (non-hydrogen) atoms. The summed E-state index contributed by atoms with van der Waals surface area (Å²) < 4.78 is 16.2. The highest BCUT2D eigenvalue weighted by molar-refractivity contribution is 5.43. The average molecular weight is 267 g/mol. The van der Waals surface area contributed by atoms with E-state index in [1.54, 1.807) is 21.3 Å². The maximum atomic E-state index is 6.36. The van der Waals surface area contributed by atoms with Crippen LogP contribution in [0.3, 0.4) is 0 Å². The van der Waals surface area contributed by atoms with Gasteiger partial charge in [0.25, 0.3) is 0 Å². The topological polar surface area (TPSA) is 53.7 Å². The van der Waals surface area contributed by atoms with Crippen LogP contribution in [0, 0.1) is 5.41 Å². The van der Waals surface area contributed by atoms with Crippen LogP contribution in [0.1, 0.15) is 32.4 Å². The molecule has 0 aliphatic carbocycles. The summed E-state index contributed by atoms with van der Waals surface area (Å²) >= 11 is 0. The molecule has 0 aliphatic rings. The zero-order chi connectivity index (χ0) is 14.6. The number of benzene rings is 1. The van der Waals surface area contributed by atoms with Crippen molar-refractivity contribution in [3.8, 4) is 11.5 Å². The Labute approximate surface area is 115 Å². The Morgan fingerprint density at radius 1 is 1.05 bits per heavy atom. The maximum absolute atomic E-state index is 6.36. The molecule has 0 aromatic heterocycles. The second kappa shape index (κ2) is 6.26. The molecule has 1 aromatic rings. The Kier molecular flexibility index (Phi) is 5.20. The summed E-state index contributed by atoms with van der Waals surface area (Å²) in [7, 11) is 4.94. The molecule has 1 aromatic carbocycles. The van der Waals surface area contributed by atoms with E-state index in [9.17, 15) is 0 Å². The number of ether oxygens (including phenoxy) is 3. The van der Waals surface area contributed by atoms with Crippen molar-refractivity contribution in [2.45, 2.75) is 32.9 Å². The lowest BCUT2D eigenvalue weighted by molar-refractivity contribution is -0.00289. The van der Waals surface area contributed by atoms with Crippen LogP contribution in [0.2, 0.25) is 0 Å². The van der Waals surface area contributed by atoms with Gasteiger partial charge in [0.15, 0.2) is 0 Å². The summed E-state index contributed by atoms with van der Waals surface area (Å²) in [6, 6.07) is 5.39. The highest BCUT2D eigenvalue weighted by Gasteiger charge is 2.32. The Morgan fingerprint density at radius 2 is 1.68 bits per heavy atom. The van der Waals surface area contributed by atoms with Crippen LogP contribution >= 0.6 is 0 Å². The molecule has 0 saturated heterocycles. The molecule has 0 bridgehead atoms. The van der Waals surface area contributed by atoms with E-state index < -0.39 is 0 Å². The number of hydrogen-bond acceptors (Lipinski definition) is 4. The fourth-order valence-corrected chi connectivity index (χ4v) is 2.30. The van der Waals surface area contributed by atoms with Crippen molar-refractivity contribution in [3.63, 3.8) is 0 Å². The first-order valence-corrected chi connectivity index (χ1v) is 6.35. The van der Waals surface area contributed by atoms with E-state index >= 15 is 0 Å². The van der Waals surface area contributed by atoms with Crippen molar-refractivity contribution in [3.05, 3.63) is 23.8 Å². The lowest BCUT2D eigenvalue weighted by Crippen LogP contribution is -2.38. The summed E-state index contributed by atoms with van der Waals surface area (Å²) in [4.78, 5) is 0. The Hall–Kier alpha value is -1.26. The van der Waals surface area contributed by atoms with Crippen molar-refractivity contribution < 1.29 is 14.2 Å². The number of rotatable bonds is 5. The summed E-state index contributed by atoms with van der Waals surface area (Å²) in [5.74, 6) is 1.47. The van der Waals surface area contributed by atoms with Gasteiger partial charge in [-0.25, -0.2) is 0 Å². The Balaban J connectivity index is 3.14. The smallest absolute Gasteiger partial charge is 0.127 e. The number of hydrogen-bond donors (Lipinski definition) is 1. The molecule has 4 nitrogen and oxygen atoms in total. The van der Waals surface area contributed by atoms with E-state index in [2.05, 4.69) is 20.8 Å². The van der Waals surface area contributed by atoms with Crippen molar-refractivity contribution in [1.29, 1.82) is 0 Å². The van der Waals surface area contributed by atoms with Crippen molar-refractivity contribution in [1.82, 2.24) is 0 Å². The Bertz CT molecular complexity index is 412. The second-order valence-electron chi connectivity index (χ2n) is 5.66. The van der Waals surface area contributed by atoms with Gasteiger partial charge in [-0.3, -0.25) is 0 Å². The molecule has 0 radical (unpaired) electrons. The van der Waals surface area contributed by atoms with Gasteiger partial charge >= 0.3 is 0 Å². The third kappa shape index (κ3) is 3.61. The summed E-state index contributed by atoms with van der Waals surface area (Å²) in [6.45, 7) is 6.32. The van der Waals surface area contributed by atoms with Gasteiger partial charge in [0, 0.05) is 18.7 Å². The third-order valence-electron chi connectivity index (χ3n) is 3.23. The first-order chi connectivity index (χ1) is 8.85. The predicted octanol–water partition coefficient (Wildman–Crippen LogP) is 2.76. The van der Waals surface area contributed by atoms with E-state index in [1.165, 1.54) is 0 Å².